The molecular weight excluding hydrogens is 379 g/mol. The van der Waals surface area contributed by atoms with Crippen molar-refractivity contribution in [2.75, 3.05) is 0 Å². The zero-order chi connectivity index (χ0) is 20.5. The minimum absolute atomic E-state index is 0.278. The molecule has 1 aromatic carbocycles. The van der Waals surface area contributed by atoms with E-state index in [9.17, 15) is 27.9 Å². The number of carboxylic acids is 1. The van der Waals surface area contributed by atoms with Gasteiger partial charge in [0.05, 0.1) is 0 Å². The zero-order valence-electron chi connectivity index (χ0n) is 14.7. The number of aromatic carboxylic acids is 1. The first-order valence-electron chi connectivity index (χ1n) is 8.62. The normalized spacial score (nSPS) is 16.1. The van der Waals surface area contributed by atoms with E-state index >= 15 is 0 Å². The van der Waals surface area contributed by atoms with Gasteiger partial charge in [0.1, 0.15) is 11.3 Å². The molecule has 1 heterocycles. The average molecular weight is 397 g/mol. The molecule has 1 aliphatic carbocycles. The van der Waals surface area contributed by atoms with Crippen LogP contribution in [0, 0.1) is 0 Å². The molecule has 0 aliphatic heterocycles. The molecule has 0 atom stereocenters. The van der Waals surface area contributed by atoms with Crippen LogP contribution in [0.5, 0.6) is 11.5 Å². The van der Waals surface area contributed by atoms with Gasteiger partial charge in [0.2, 0.25) is 5.43 Å². The largest absolute Gasteiger partial charge is 0.573 e. The molecule has 3 rings (SSSR count). The van der Waals surface area contributed by atoms with Crippen molar-refractivity contribution in [1.82, 2.24) is 4.57 Å². The van der Waals surface area contributed by atoms with Gasteiger partial charge in [0.25, 0.3) is 0 Å². The third-order valence-corrected chi connectivity index (χ3v) is 5.04. The molecule has 28 heavy (non-hydrogen) atoms. The highest BCUT2D eigenvalue weighted by molar-refractivity contribution is 5.87. The van der Waals surface area contributed by atoms with E-state index in [1.165, 1.54) is 29.1 Å². The van der Waals surface area contributed by atoms with Crippen LogP contribution in [0.3, 0.4) is 0 Å². The number of hydrogen-bond acceptors (Lipinski definition) is 4. The summed E-state index contributed by atoms with van der Waals surface area (Å²) in [4.78, 5) is 23.0. The Bertz CT molecular complexity index is 928. The van der Waals surface area contributed by atoms with Gasteiger partial charge >= 0.3 is 12.3 Å². The van der Waals surface area contributed by atoms with Gasteiger partial charge in [-0.25, -0.2) is 4.79 Å². The lowest BCUT2D eigenvalue weighted by Crippen LogP contribution is -2.30. The number of aromatic hydroxyl groups is 1. The van der Waals surface area contributed by atoms with Crippen molar-refractivity contribution < 1.29 is 32.9 Å². The fraction of sp³-hybridized carbons (Fsp3) is 0.368. The van der Waals surface area contributed by atoms with Gasteiger partial charge in [0.15, 0.2) is 5.75 Å². The minimum Gasteiger partial charge on any atom is -0.503 e. The van der Waals surface area contributed by atoms with Crippen molar-refractivity contribution in [2.24, 2.45) is 0 Å². The number of alkyl halides is 3. The average Bonchev–Trinajstić information content (AvgIpc) is 3.06. The molecule has 0 bridgehead atoms. The standard InChI is InChI=1S/C19H18F3NO5/c20-19(21,22)28-13-5-3-12(4-6-13)18(7-1-2-8-18)11-23-9-14(17(26)27)16(25)15(24)10-23/h3-6,9-10,24H,1-2,7-8,11H2,(H,26,27). The Morgan fingerprint density at radius 2 is 1.75 bits per heavy atom. The van der Waals surface area contributed by atoms with Crippen LogP contribution in [0.15, 0.2) is 41.5 Å². The second kappa shape index (κ2) is 7.21. The molecule has 1 saturated carbocycles. The first-order valence-corrected chi connectivity index (χ1v) is 8.62. The van der Waals surface area contributed by atoms with Crippen molar-refractivity contribution in [3.05, 3.63) is 58.0 Å². The Morgan fingerprint density at radius 1 is 1.14 bits per heavy atom. The van der Waals surface area contributed by atoms with Crippen molar-refractivity contribution in [1.29, 1.82) is 0 Å². The SMILES string of the molecule is O=C(O)c1cn(CC2(c3ccc(OC(F)(F)F)cc3)CCCC2)cc(O)c1=O. The van der Waals surface area contributed by atoms with Crippen LogP contribution in [-0.2, 0) is 12.0 Å². The number of aromatic nitrogens is 1. The Balaban J connectivity index is 1.93. The summed E-state index contributed by atoms with van der Waals surface area (Å²) in [5.41, 5.74) is -1.16. The molecule has 150 valence electrons. The highest BCUT2D eigenvalue weighted by Crippen LogP contribution is 2.43. The highest BCUT2D eigenvalue weighted by Gasteiger charge is 2.37. The molecule has 0 amide bonds. The summed E-state index contributed by atoms with van der Waals surface area (Å²) in [5, 5.41) is 18.9. The third kappa shape index (κ3) is 4.13. The first kappa shape index (κ1) is 19.8. The van der Waals surface area contributed by atoms with E-state index in [1.54, 1.807) is 12.1 Å². The van der Waals surface area contributed by atoms with Crippen molar-refractivity contribution in [3.63, 3.8) is 0 Å². The van der Waals surface area contributed by atoms with Crippen LogP contribution < -0.4 is 10.2 Å². The Hall–Kier alpha value is -2.97. The lowest BCUT2D eigenvalue weighted by molar-refractivity contribution is -0.274. The molecule has 2 N–H and O–H groups in total. The molecule has 1 aromatic heterocycles. The summed E-state index contributed by atoms with van der Waals surface area (Å²) in [6.07, 6.45) is 0.857. The fourth-order valence-electron chi connectivity index (χ4n) is 3.81. The Morgan fingerprint density at radius 3 is 2.29 bits per heavy atom. The van der Waals surface area contributed by atoms with E-state index in [4.69, 9.17) is 5.11 Å². The summed E-state index contributed by atoms with van der Waals surface area (Å²) in [6.45, 7) is 0.278. The van der Waals surface area contributed by atoms with Crippen molar-refractivity contribution >= 4 is 5.97 Å². The van der Waals surface area contributed by atoms with Gasteiger partial charge in [-0.15, -0.1) is 13.2 Å². The fourth-order valence-corrected chi connectivity index (χ4v) is 3.81. The smallest absolute Gasteiger partial charge is 0.503 e. The third-order valence-electron chi connectivity index (χ3n) is 5.04. The van der Waals surface area contributed by atoms with Crippen LogP contribution in [0.4, 0.5) is 13.2 Å². The van der Waals surface area contributed by atoms with E-state index in [-0.39, 0.29) is 12.3 Å². The quantitative estimate of drug-likeness (QED) is 0.804. The van der Waals surface area contributed by atoms with E-state index in [2.05, 4.69) is 4.74 Å². The summed E-state index contributed by atoms with van der Waals surface area (Å²) in [7, 11) is 0. The summed E-state index contributed by atoms with van der Waals surface area (Å²) < 4.78 is 42.4. The molecule has 1 fully saturated rings. The van der Waals surface area contributed by atoms with Crippen molar-refractivity contribution in [3.8, 4) is 11.5 Å². The Kier molecular flexibility index (Phi) is 5.10. The molecule has 6 nitrogen and oxygen atoms in total. The number of benzene rings is 1. The van der Waals surface area contributed by atoms with E-state index < -0.39 is 34.5 Å². The molecule has 2 aromatic rings. The lowest BCUT2D eigenvalue weighted by Gasteiger charge is -2.31. The molecule has 1 aliphatic rings. The zero-order valence-corrected chi connectivity index (χ0v) is 14.7. The molecule has 0 radical (unpaired) electrons. The maximum absolute atomic E-state index is 12.4. The molecule has 9 heteroatoms. The summed E-state index contributed by atoms with van der Waals surface area (Å²) in [5.74, 6) is -2.43. The number of carbonyl (C=O) groups is 1. The van der Waals surface area contributed by atoms with E-state index in [0.717, 1.165) is 31.2 Å². The van der Waals surface area contributed by atoms with Gasteiger partial charge in [-0.1, -0.05) is 25.0 Å². The molecule has 0 saturated heterocycles. The van der Waals surface area contributed by atoms with Crippen LogP contribution in [0.1, 0.15) is 41.6 Å². The van der Waals surface area contributed by atoms with E-state index in [1.807, 2.05) is 0 Å². The molecular formula is C19H18F3NO5. The minimum atomic E-state index is -4.77. The maximum atomic E-state index is 12.4. The Labute approximate surface area is 157 Å². The summed E-state index contributed by atoms with van der Waals surface area (Å²) >= 11 is 0. The molecule has 0 spiro atoms. The second-order valence-electron chi connectivity index (χ2n) is 6.92. The van der Waals surface area contributed by atoms with Crippen LogP contribution in [0.2, 0.25) is 0 Å². The first-order chi connectivity index (χ1) is 13.1. The van der Waals surface area contributed by atoms with Gasteiger partial charge in [0, 0.05) is 24.4 Å². The number of ether oxygens (including phenoxy) is 1. The van der Waals surface area contributed by atoms with Gasteiger partial charge in [-0.2, -0.15) is 0 Å². The number of halogens is 3. The second-order valence-corrected chi connectivity index (χ2v) is 6.92. The predicted octanol–water partition coefficient (Wildman–Crippen LogP) is 3.66. The highest BCUT2D eigenvalue weighted by atomic mass is 19.4. The monoisotopic (exact) mass is 397 g/mol. The van der Waals surface area contributed by atoms with Gasteiger partial charge in [-0.3, -0.25) is 4.79 Å². The van der Waals surface area contributed by atoms with Crippen LogP contribution in [-0.4, -0.2) is 27.1 Å². The summed E-state index contributed by atoms with van der Waals surface area (Å²) in [6, 6.07) is 5.61. The van der Waals surface area contributed by atoms with E-state index in [0.29, 0.717) is 0 Å². The number of nitrogens with zero attached hydrogens (tertiary/aromatic N) is 1. The van der Waals surface area contributed by atoms with Crippen molar-refractivity contribution in [2.45, 2.75) is 44.0 Å². The van der Waals surface area contributed by atoms with Gasteiger partial charge < -0.3 is 19.5 Å². The topological polar surface area (TPSA) is 88.8 Å². The molecule has 0 unspecified atom stereocenters. The predicted molar refractivity (Wildman–Crippen MR) is 92.6 cm³/mol. The lowest BCUT2D eigenvalue weighted by atomic mass is 9.78. The number of hydrogen-bond donors (Lipinski definition) is 2. The maximum Gasteiger partial charge on any atom is 0.573 e. The number of pyridine rings is 1. The van der Waals surface area contributed by atoms with Crippen LogP contribution in [0.25, 0.3) is 0 Å². The number of carboxylic acid groups (broad SMARTS) is 1. The van der Waals surface area contributed by atoms with Crippen LogP contribution >= 0.6 is 0 Å². The number of rotatable bonds is 5. The van der Waals surface area contributed by atoms with Gasteiger partial charge in [-0.05, 0) is 30.5 Å².